The van der Waals surface area contributed by atoms with E-state index in [1.807, 2.05) is 18.2 Å². The van der Waals surface area contributed by atoms with Crippen LogP contribution < -0.4 is 4.74 Å². The van der Waals surface area contributed by atoms with E-state index in [0.717, 1.165) is 5.56 Å². The average Bonchev–Trinajstić information content (AvgIpc) is 2.38. The van der Waals surface area contributed by atoms with E-state index in [1.54, 1.807) is 6.07 Å². The van der Waals surface area contributed by atoms with Gasteiger partial charge in [0, 0.05) is 0 Å². The van der Waals surface area contributed by atoms with Crippen molar-refractivity contribution >= 4 is 5.97 Å². The Balaban J connectivity index is 2.34. The molecule has 0 spiro atoms. The number of nitrogens with zero attached hydrogens (tertiary/aromatic N) is 2. The van der Waals surface area contributed by atoms with Gasteiger partial charge >= 0.3 is 5.97 Å². The highest BCUT2D eigenvalue weighted by atomic mass is 16.5. The third kappa shape index (κ3) is 3.12. The van der Waals surface area contributed by atoms with Gasteiger partial charge in [-0.2, -0.15) is 5.10 Å². The molecule has 0 aliphatic carbocycles. The summed E-state index contributed by atoms with van der Waals surface area (Å²) >= 11 is 0. The minimum atomic E-state index is -1.10. The SMILES string of the molecule is CC(C)(C)c1cccc(Oc2nnccc2C(=O)O)c1. The van der Waals surface area contributed by atoms with Crippen LogP contribution in [0.4, 0.5) is 0 Å². The Morgan fingerprint density at radius 2 is 2.00 bits per heavy atom. The molecule has 2 aromatic rings. The standard InChI is InChI=1S/C15H16N2O3/c1-15(2,3)10-5-4-6-11(9-10)20-13-12(14(18)19)7-8-16-17-13/h4-9H,1-3H3,(H,18,19). The molecule has 0 radical (unpaired) electrons. The van der Waals surface area contributed by atoms with Crippen molar-refractivity contribution in [2.75, 3.05) is 0 Å². The van der Waals surface area contributed by atoms with Crippen LogP contribution in [0.2, 0.25) is 0 Å². The van der Waals surface area contributed by atoms with Crippen molar-refractivity contribution in [3.63, 3.8) is 0 Å². The lowest BCUT2D eigenvalue weighted by Gasteiger charge is -2.19. The highest BCUT2D eigenvalue weighted by Crippen LogP contribution is 2.28. The number of hydrogen-bond acceptors (Lipinski definition) is 4. The fourth-order valence-electron chi connectivity index (χ4n) is 1.69. The molecule has 1 aromatic heterocycles. The summed E-state index contributed by atoms with van der Waals surface area (Å²) in [5, 5.41) is 16.5. The van der Waals surface area contributed by atoms with Crippen LogP contribution in [0.15, 0.2) is 36.5 Å². The number of benzene rings is 1. The number of hydrogen-bond donors (Lipinski definition) is 1. The largest absolute Gasteiger partial charge is 0.477 e. The Kier molecular flexibility index (Phi) is 3.70. The third-order valence-corrected chi connectivity index (χ3v) is 2.83. The summed E-state index contributed by atoms with van der Waals surface area (Å²) in [5.74, 6) is -0.562. The second-order valence-electron chi connectivity index (χ2n) is 5.44. The highest BCUT2D eigenvalue weighted by molar-refractivity contribution is 5.90. The second kappa shape index (κ2) is 5.28. The molecule has 0 saturated heterocycles. The van der Waals surface area contributed by atoms with Crippen molar-refractivity contribution in [3.8, 4) is 11.6 Å². The van der Waals surface area contributed by atoms with Crippen molar-refractivity contribution < 1.29 is 14.6 Å². The molecule has 1 aromatic carbocycles. The summed E-state index contributed by atoms with van der Waals surface area (Å²) in [4.78, 5) is 11.1. The lowest BCUT2D eigenvalue weighted by Crippen LogP contribution is -2.11. The zero-order valence-electron chi connectivity index (χ0n) is 11.6. The van der Waals surface area contributed by atoms with Gasteiger partial charge in [0.05, 0.1) is 6.20 Å². The Morgan fingerprint density at radius 3 is 2.65 bits per heavy atom. The first-order chi connectivity index (χ1) is 9.38. The van der Waals surface area contributed by atoms with Gasteiger partial charge < -0.3 is 9.84 Å². The molecular weight excluding hydrogens is 256 g/mol. The molecule has 20 heavy (non-hydrogen) atoms. The maximum Gasteiger partial charge on any atom is 0.341 e. The fourth-order valence-corrected chi connectivity index (χ4v) is 1.69. The highest BCUT2D eigenvalue weighted by Gasteiger charge is 2.16. The van der Waals surface area contributed by atoms with Crippen molar-refractivity contribution in [1.29, 1.82) is 0 Å². The molecule has 5 nitrogen and oxygen atoms in total. The number of carboxylic acids is 1. The summed E-state index contributed by atoms with van der Waals surface area (Å²) in [7, 11) is 0. The Morgan fingerprint density at radius 1 is 1.25 bits per heavy atom. The summed E-state index contributed by atoms with van der Waals surface area (Å²) in [5.41, 5.74) is 1.06. The molecular formula is C15H16N2O3. The maximum absolute atomic E-state index is 11.1. The molecule has 0 aliphatic heterocycles. The van der Waals surface area contributed by atoms with Gasteiger partial charge in [0.2, 0.25) is 0 Å². The predicted molar refractivity (Wildman–Crippen MR) is 74.2 cm³/mol. The first-order valence-electron chi connectivity index (χ1n) is 6.21. The minimum absolute atomic E-state index is 0.00828. The lowest BCUT2D eigenvalue weighted by molar-refractivity contribution is 0.0693. The normalized spacial score (nSPS) is 11.2. The number of carbonyl (C=O) groups is 1. The van der Waals surface area contributed by atoms with Crippen molar-refractivity contribution in [2.45, 2.75) is 26.2 Å². The van der Waals surface area contributed by atoms with Gasteiger partial charge in [0.25, 0.3) is 5.88 Å². The summed E-state index contributed by atoms with van der Waals surface area (Å²) < 4.78 is 5.55. The smallest absolute Gasteiger partial charge is 0.341 e. The number of aromatic carboxylic acids is 1. The van der Waals surface area contributed by atoms with Crippen LogP contribution >= 0.6 is 0 Å². The molecule has 1 N–H and O–H groups in total. The summed E-state index contributed by atoms with van der Waals surface area (Å²) in [6, 6.07) is 8.86. The molecule has 0 saturated carbocycles. The quantitative estimate of drug-likeness (QED) is 0.928. The van der Waals surface area contributed by atoms with Crippen LogP contribution in [0.5, 0.6) is 11.6 Å². The number of carboxylic acid groups (broad SMARTS) is 1. The van der Waals surface area contributed by atoms with Gasteiger partial charge in [-0.15, -0.1) is 5.10 Å². The predicted octanol–water partition coefficient (Wildman–Crippen LogP) is 3.26. The van der Waals surface area contributed by atoms with Crippen molar-refractivity contribution in [2.24, 2.45) is 0 Å². The molecule has 0 fully saturated rings. The monoisotopic (exact) mass is 272 g/mol. The third-order valence-electron chi connectivity index (χ3n) is 2.83. The molecule has 0 aliphatic rings. The second-order valence-corrected chi connectivity index (χ2v) is 5.44. The van der Waals surface area contributed by atoms with E-state index < -0.39 is 5.97 Å². The van der Waals surface area contributed by atoms with Gasteiger partial charge in [-0.3, -0.25) is 0 Å². The van der Waals surface area contributed by atoms with Crippen LogP contribution in [0.3, 0.4) is 0 Å². The maximum atomic E-state index is 11.1. The van der Waals surface area contributed by atoms with E-state index in [2.05, 4.69) is 31.0 Å². The number of rotatable bonds is 3. The molecule has 0 bridgehead atoms. The molecule has 1 heterocycles. The zero-order chi connectivity index (χ0) is 14.8. The first kappa shape index (κ1) is 14.0. The average molecular weight is 272 g/mol. The van der Waals surface area contributed by atoms with Gasteiger partial charge in [-0.25, -0.2) is 4.79 Å². The Hall–Kier alpha value is -2.43. The van der Waals surface area contributed by atoms with Crippen molar-refractivity contribution in [3.05, 3.63) is 47.7 Å². The minimum Gasteiger partial charge on any atom is -0.477 e. The molecule has 0 amide bonds. The Bertz CT molecular complexity index is 633. The van der Waals surface area contributed by atoms with E-state index in [4.69, 9.17) is 9.84 Å². The number of aromatic nitrogens is 2. The van der Waals surface area contributed by atoms with Crippen LogP contribution in [-0.4, -0.2) is 21.3 Å². The van der Waals surface area contributed by atoms with Gasteiger partial charge in [-0.1, -0.05) is 32.9 Å². The van der Waals surface area contributed by atoms with Crippen LogP contribution in [-0.2, 0) is 5.41 Å². The van der Waals surface area contributed by atoms with Gasteiger partial charge in [0.1, 0.15) is 11.3 Å². The van der Waals surface area contributed by atoms with E-state index >= 15 is 0 Å². The molecule has 2 rings (SSSR count). The molecule has 104 valence electrons. The fraction of sp³-hybridized carbons (Fsp3) is 0.267. The van der Waals surface area contributed by atoms with Gasteiger partial charge in [-0.05, 0) is 29.2 Å². The zero-order valence-corrected chi connectivity index (χ0v) is 11.6. The van der Waals surface area contributed by atoms with Crippen LogP contribution in [0, 0.1) is 0 Å². The van der Waals surface area contributed by atoms with E-state index in [1.165, 1.54) is 12.3 Å². The van der Waals surface area contributed by atoms with Crippen molar-refractivity contribution in [1.82, 2.24) is 10.2 Å². The van der Waals surface area contributed by atoms with E-state index in [9.17, 15) is 4.79 Å². The molecule has 0 atom stereocenters. The topological polar surface area (TPSA) is 72.3 Å². The summed E-state index contributed by atoms with van der Waals surface area (Å²) in [6.45, 7) is 6.28. The molecule has 5 heteroatoms. The summed E-state index contributed by atoms with van der Waals surface area (Å²) in [6.07, 6.45) is 1.32. The van der Waals surface area contributed by atoms with E-state index in [0.29, 0.717) is 5.75 Å². The first-order valence-corrected chi connectivity index (χ1v) is 6.21. The van der Waals surface area contributed by atoms with E-state index in [-0.39, 0.29) is 16.9 Å². The van der Waals surface area contributed by atoms with Crippen LogP contribution in [0.1, 0.15) is 36.7 Å². The van der Waals surface area contributed by atoms with Crippen LogP contribution in [0.25, 0.3) is 0 Å². The van der Waals surface area contributed by atoms with Gasteiger partial charge in [0.15, 0.2) is 0 Å². The number of ether oxygens (including phenoxy) is 1. The molecule has 0 unspecified atom stereocenters. The Labute approximate surface area is 117 Å². The lowest BCUT2D eigenvalue weighted by atomic mass is 9.87.